The molecule has 0 aliphatic heterocycles. The highest BCUT2D eigenvalue weighted by molar-refractivity contribution is 7.89. The van der Waals surface area contributed by atoms with Gasteiger partial charge in [-0.05, 0) is 48.4 Å². The molecule has 1 atom stereocenters. The number of hydrogen-bond acceptors (Lipinski definition) is 6. The van der Waals surface area contributed by atoms with Crippen molar-refractivity contribution in [3.05, 3.63) is 54.1 Å². The minimum absolute atomic E-state index is 0.0214. The number of carbonyl (C=O) groups excluding carboxylic acids is 2. The molecule has 2 N–H and O–H groups in total. The molecule has 10 heteroatoms. The maximum absolute atomic E-state index is 12.9. The number of sulfonamides is 1. The summed E-state index contributed by atoms with van der Waals surface area (Å²) in [5.41, 5.74) is 0.646. The van der Waals surface area contributed by atoms with E-state index in [1.165, 1.54) is 28.6 Å². The fraction of sp³-hybridized carbons (Fsp3) is 0.375. The molecule has 2 aromatic rings. The third-order valence-corrected chi connectivity index (χ3v) is 7.15. The molecule has 34 heavy (non-hydrogen) atoms. The van der Waals surface area contributed by atoms with Gasteiger partial charge in [-0.2, -0.15) is 9.57 Å². The second kappa shape index (κ2) is 12.2. The lowest BCUT2D eigenvalue weighted by molar-refractivity contribution is -0.118. The predicted octanol–water partition coefficient (Wildman–Crippen LogP) is 3.01. The summed E-state index contributed by atoms with van der Waals surface area (Å²) in [5, 5.41) is 14.0. The van der Waals surface area contributed by atoms with Gasteiger partial charge in [0.25, 0.3) is 5.91 Å². The maximum Gasteiger partial charge on any atom is 0.251 e. The largest absolute Gasteiger partial charge is 0.479 e. The van der Waals surface area contributed by atoms with Gasteiger partial charge in [-0.25, -0.2) is 8.42 Å². The van der Waals surface area contributed by atoms with E-state index >= 15 is 0 Å². The summed E-state index contributed by atoms with van der Waals surface area (Å²) >= 11 is 0. The molecule has 0 heterocycles. The van der Waals surface area contributed by atoms with Gasteiger partial charge in [0, 0.05) is 24.3 Å². The molecule has 0 aromatic heterocycles. The minimum Gasteiger partial charge on any atom is -0.479 e. The fourth-order valence-corrected chi connectivity index (χ4v) is 4.74. The van der Waals surface area contributed by atoms with Gasteiger partial charge in [0.2, 0.25) is 15.9 Å². The lowest BCUT2D eigenvalue weighted by atomic mass is 10.0. The van der Waals surface area contributed by atoms with E-state index in [4.69, 9.17) is 10.00 Å². The Morgan fingerprint density at radius 2 is 1.74 bits per heavy atom. The van der Waals surface area contributed by atoms with Crippen molar-refractivity contribution in [2.45, 2.75) is 38.6 Å². The number of amides is 2. The van der Waals surface area contributed by atoms with Crippen molar-refractivity contribution in [3.63, 3.8) is 0 Å². The number of hydrogen-bond donors (Lipinski definition) is 2. The molecule has 2 amide bonds. The maximum atomic E-state index is 12.9. The Kier molecular flexibility index (Phi) is 9.59. The number of nitrogens with zero attached hydrogens (tertiary/aromatic N) is 2. The molecule has 0 saturated heterocycles. The first-order valence-corrected chi connectivity index (χ1v) is 12.4. The summed E-state index contributed by atoms with van der Waals surface area (Å²) in [6, 6.07) is 13.3. The number of rotatable bonds is 11. The molecule has 0 spiro atoms. The van der Waals surface area contributed by atoms with Crippen LogP contribution in [0.25, 0.3) is 0 Å². The van der Waals surface area contributed by atoms with Crippen LogP contribution in [-0.2, 0) is 14.8 Å². The van der Waals surface area contributed by atoms with Crippen LogP contribution < -0.4 is 15.4 Å². The molecule has 0 fully saturated rings. The Hall–Kier alpha value is -3.42. The van der Waals surface area contributed by atoms with Gasteiger partial charge in [0.15, 0.2) is 6.61 Å². The predicted molar refractivity (Wildman–Crippen MR) is 129 cm³/mol. The molecule has 182 valence electrons. The second-order valence-electron chi connectivity index (χ2n) is 7.77. The van der Waals surface area contributed by atoms with Gasteiger partial charge < -0.3 is 15.4 Å². The van der Waals surface area contributed by atoms with Crippen molar-refractivity contribution in [2.24, 2.45) is 5.92 Å². The van der Waals surface area contributed by atoms with Crippen molar-refractivity contribution in [3.8, 4) is 11.8 Å². The summed E-state index contributed by atoms with van der Waals surface area (Å²) in [7, 11) is -3.72. The van der Waals surface area contributed by atoms with Gasteiger partial charge in [-0.3, -0.25) is 9.59 Å². The van der Waals surface area contributed by atoms with E-state index in [0.717, 1.165) is 0 Å². The zero-order valence-electron chi connectivity index (χ0n) is 19.7. The third-order valence-electron chi connectivity index (χ3n) is 5.10. The summed E-state index contributed by atoms with van der Waals surface area (Å²) < 4.78 is 32.1. The Labute approximate surface area is 200 Å². The highest BCUT2D eigenvalue weighted by Gasteiger charge is 2.26. The summed E-state index contributed by atoms with van der Waals surface area (Å²) in [4.78, 5) is 25.8. The van der Waals surface area contributed by atoms with Crippen molar-refractivity contribution >= 4 is 27.5 Å². The summed E-state index contributed by atoms with van der Waals surface area (Å²) in [6.45, 7) is 7.64. The standard InChI is InChI=1S/C24H30N4O5S/c1-5-28(6-2)34(31,32)21-9-7-8-18(16-21)23(29)27-22(17(3)4)24(30)26-19-10-12-20(13-11-19)33-15-14-25/h7-13,16-17,22H,5-6,15H2,1-4H3,(H,26,30)(H,27,29)/t22-/m0/s1. The smallest absolute Gasteiger partial charge is 0.251 e. The highest BCUT2D eigenvalue weighted by atomic mass is 32.2. The van der Waals surface area contributed by atoms with E-state index in [0.29, 0.717) is 24.5 Å². The number of anilines is 1. The monoisotopic (exact) mass is 486 g/mol. The zero-order valence-corrected chi connectivity index (χ0v) is 20.6. The van der Waals surface area contributed by atoms with E-state index < -0.39 is 27.9 Å². The average Bonchev–Trinajstić information content (AvgIpc) is 2.82. The van der Waals surface area contributed by atoms with Crippen LogP contribution in [0.1, 0.15) is 38.1 Å². The molecular weight excluding hydrogens is 456 g/mol. The molecule has 2 rings (SSSR count). The van der Waals surface area contributed by atoms with Crippen LogP contribution in [0.2, 0.25) is 0 Å². The SMILES string of the molecule is CCN(CC)S(=O)(=O)c1cccc(C(=O)N[C@H](C(=O)Nc2ccc(OCC#N)cc2)C(C)C)c1. The Balaban J connectivity index is 2.16. The van der Waals surface area contributed by atoms with E-state index in [9.17, 15) is 18.0 Å². The van der Waals surface area contributed by atoms with Gasteiger partial charge in [0.05, 0.1) is 4.90 Å². The first-order valence-electron chi connectivity index (χ1n) is 11.0. The van der Waals surface area contributed by atoms with Crippen LogP contribution in [-0.4, -0.2) is 50.3 Å². The Bertz CT molecular complexity index is 1140. The molecule has 0 aliphatic rings. The molecular formula is C24H30N4O5S. The number of nitrogens with one attached hydrogen (secondary N) is 2. The van der Waals surface area contributed by atoms with E-state index in [2.05, 4.69) is 10.6 Å². The lowest BCUT2D eigenvalue weighted by Crippen LogP contribution is -2.47. The van der Waals surface area contributed by atoms with E-state index in [1.54, 1.807) is 52.0 Å². The normalized spacial score (nSPS) is 12.1. The first kappa shape index (κ1) is 26.8. The molecule has 0 unspecified atom stereocenters. The first-order chi connectivity index (χ1) is 16.1. The van der Waals surface area contributed by atoms with Crippen molar-refractivity contribution < 1.29 is 22.7 Å². The van der Waals surface area contributed by atoms with Crippen molar-refractivity contribution in [2.75, 3.05) is 25.0 Å². The van der Waals surface area contributed by atoms with Crippen LogP contribution in [0.3, 0.4) is 0 Å². The number of nitriles is 1. The lowest BCUT2D eigenvalue weighted by Gasteiger charge is -2.22. The van der Waals surface area contributed by atoms with E-state index in [1.807, 2.05) is 6.07 Å². The van der Waals surface area contributed by atoms with Gasteiger partial charge >= 0.3 is 0 Å². The number of ether oxygens (including phenoxy) is 1. The average molecular weight is 487 g/mol. The van der Waals surface area contributed by atoms with Crippen molar-refractivity contribution in [1.82, 2.24) is 9.62 Å². The molecule has 0 aliphatic carbocycles. The Morgan fingerprint density at radius 3 is 2.29 bits per heavy atom. The fourth-order valence-electron chi connectivity index (χ4n) is 3.24. The minimum atomic E-state index is -3.72. The van der Waals surface area contributed by atoms with Crippen molar-refractivity contribution in [1.29, 1.82) is 5.26 Å². The Morgan fingerprint density at radius 1 is 1.09 bits per heavy atom. The number of carbonyl (C=O) groups is 2. The number of benzene rings is 2. The summed E-state index contributed by atoms with van der Waals surface area (Å²) in [6.07, 6.45) is 0. The van der Waals surface area contributed by atoms with E-state index in [-0.39, 0.29) is 23.0 Å². The van der Waals surface area contributed by atoms with Crippen LogP contribution in [0.4, 0.5) is 5.69 Å². The molecule has 0 bridgehead atoms. The van der Waals surface area contributed by atoms with Gasteiger partial charge in [-0.1, -0.05) is 33.8 Å². The topological polar surface area (TPSA) is 129 Å². The van der Waals surface area contributed by atoms with Crippen LogP contribution >= 0.6 is 0 Å². The van der Waals surface area contributed by atoms with Crippen LogP contribution in [0, 0.1) is 17.2 Å². The van der Waals surface area contributed by atoms with Gasteiger partial charge in [0.1, 0.15) is 17.9 Å². The molecule has 9 nitrogen and oxygen atoms in total. The quantitative estimate of drug-likeness (QED) is 0.502. The second-order valence-corrected chi connectivity index (χ2v) is 9.71. The van der Waals surface area contributed by atoms with Gasteiger partial charge in [-0.15, -0.1) is 0 Å². The molecule has 2 aromatic carbocycles. The highest BCUT2D eigenvalue weighted by Crippen LogP contribution is 2.19. The zero-order chi connectivity index (χ0) is 25.3. The van der Waals surface area contributed by atoms with Crippen LogP contribution in [0.15, 0.2) is 53.4 Å². The van der Waals surface area contributed by atoms with Crippen LogP contribution in [0.5, 0.6) is 5.75 Å². The molecule has 0 saturated carbocycles. The third kappa shape index (κ3) is 6.79. The molecule has 0 radical (unpaired) electrons. The summed E-state index contributed by atoms with van der Waals surface area (Å²) in [5.74, 6) is -0.704.